The molecule has 3 rings (SSSR count). The molecule has 0 saturated heterocycles. The molecule has 138 valence electrons. The molecule has 1 aromatic heterocycles. The minimum atomic E-state index is -0.665. The van der Waals surface area contributed by atoms with Crippen LogP contribution in [-0.2, 0) is 11.2 Å². The normalized spacial score (nSPS) is 22.2. The zero-order valence-corrected chi connectivity index (χ0v) is 14.7. The van der Waals surface area contributed by atoms with Gasteiger partial charge in [0.2, 0.25) is 5.91 Å². The number of hydrogen-bond donors (Lipinski definition) is 2. The van der Waals surface area contributed by atoms with Gasteiger partial charge in [0.25, 0.3) is 0 Å². The molecule has 2 N–H and O–H groups in total. The van der Waals surface area contributed by atoms with Crippen LogP contribution < -0.4 is 10.1 Å². The maximum atomic E-state index is 12.9. The van der Waals surface area contributed by atoms with Crippen LogP contribution in [0.3, 0.4) is 0 Å². The fourth-order valence-corrected chi connectivity index (χ4v) is 3.16. The summed E-state index contributed by atoms with van der Waals surface area (Å²) >= 11 is 0. The number of carbonyl (C=O) groups is 1. The molecule has 1 saturated carbocycles. The van der Waals surface area contributed by atoms with Crippen molar-refractivity contribution in [3.63, 3.8) is 0 Å². The highest BCUT2D eigenvalue weighted by atomic mass is 19.1. The number of nitrogens with one attached hydrogen (secondary N) is 1. The number of aryl methyl sites for hydroxylation is 1. The lowest BCUT2D eigenvalue weighted by Gasteiger charge is -2.21. The van der Waals surface area contributed by atoms with E-state index in [0.29, 0.717) is 18.7 Å². The van der Waals surface area contributed by atoms with Crippen LogP contribution in [0.5, 0.6) is 5.75 Å². The Morgan fingerprint density at radius 1 is 1.27 bits per heavy atom. The Hall–Kier alpha value is -2.47. The van der Waals surface area contributed by atoms with E-state index in [4.69, 9.17) is 4.74 Å². The molecule has 3 atom stereocenters. The minimum absolute atomic E-state index is 0.0551. The molecule has 0 aliphatic heterocycles. The average Bonchev–Trinajstić information content (AvgIpc) is 2.97. The van der Waals surface area contributed by atoms with Crippen molar-refractivity contribution in [1.82, 2.24) is 10.3 Å². The molecule has 1 aliphatic carbocycles. The number of carbonyl (C=O) groups excluding carboxylic acids is 1. The predicted octanol–water partition coefficient (Wildman–Crippen LogP) is 2.41. The van der Waals surface area contributed by atoms with Crippen molar-refractivity contribution in [2.45, 2.75) is 38.4 Å². The monoisotopic (exact) mass is 358 g/mol. The molecule has 1 amide bonds. The van der Waals surface area contributed by atoms with E-state index >= 15 is 0 Å². The van der Waals surface area contributed by atoms with Crippen LogP contribution in [0.2, 0.25) is 0 Å². The molecule has 0 unspecified atom stereocenters. The van der Waals surface area contributed by atoms with Gasteiger partial charge in [-0.3, -0.25) is 9.78 Å². The maximum absolute atomic E-state index is 12.9. The van der Waals surface area contributed by atoms with E-state index in [1.807, 2.05) is 19.1 Å². The standard InChI is InChI=1S/C20H23FN2O3/c1-13-2-3-14(11-22-13)10-19(24)23-12-15-4-9-18(20(15)25)26-17-7-5-16(21)6-8-17/h2-3,5-8,11,15,18,20,25H,4,9-10,12H2,1H3,(H,23,24)/t15-,18-,20-/m1/s1. The first-order chi connectivity index (χ1) is 12.5. The van der Waals surface area contributed by atoms with Crippen LogP contribution in [0, 0.1) is 18.7 Å². The Morgan fingerprint density at radius 3 is 2.73 bits per heavy atom. The van der Waals surface area contributed by atoms with E-state index in [1.54, 1.807) is 18.3 Å². The summed E-state index contributed by atoms with van der Waals surface area (Å²) < 4.78 is 18.7. The second-order valence-corrected chi connectivity index (χ2v) is 6.73. The highest BCUT2D eigenvalue weighted by molar-refractivity contribution is 5.78. The van der Waals surface area contributed by atoms with Gasteiger partial charge in [-0.05, 0) is 55.7 Å². The molecule has 1 aromatic carbocycles. The van der Waals surface area contributed by atoms with E-state index in [2.05, 4.69) is 10.3 Å². The number of nitrogens with zero attached hydrogens (tertiary/aromatic N) is 1. The van der Waals surface area contributed by atoms with E-state index in [-0.39, 0.29) is 30.2 Å². The fraction of sp³-hybridized carbons (Fsp3) is 0.400. The number of aliphatic hydroxyl groups is 1. The second-order valence-electron chi connectivity index (χ2n) is 6.73. The zero-order chi connectivity index (χ0) is 18.5. The van der Waals surface area contributed by atoms with Gasteiger partial charge in [-0.1, -0.05) is 6.07 Å². The van der Waals surface area contributed by atoms with E-state index in [9.17, 15) is 14.3 Å². The molecular weight excluding hydrogens is 335 g/mol. The molecule has 6 heteroatoms. The highest BCUT2D eigenvalue weighted by Crippen LogP contribution is 2.29. The van der Waals surface area contributed by atoms with Gasteiger partial charge < -0.3 is 15.2 Å². The van der Waals surface area contributed by atoms with E-state index in [0.717, 1.165) is 17.7 Å². The van der Waals surface area contributed by atoms with Crippen molar-refractivity contribution in [2.24, 2.45) is 5.92 Å². The van der Waals surface area contributed by atoms with Crippen molar-refractivity contribution in [1.29, 1.82) is 0 Å². The van der Waals surface area contributed by atoms with Crippen LogP contribution in [0.4, 0.5) is 4.39 Å². The topological polar surface area (TPSA) is 71.5 Å². The molecule has 1 aliphatic rings. The highest BCUT2D eigenvalue weighted by Gasteiger charge is 2.36. The number of amides is 1. The SMILES string of the molecule is Cc1ccc(CC(=O)NC[C@H]2CC[C@@H](Oc3ccc(F)cc3)[C@@H]2O)cn1. The van der Waals surface area contributed by atoms with Crippen LogP contribution >= 0.6 is 0 Å². The number of pyridine rings is 1. The number of aliphatic hydroxyl groups excluding tert-OH is 1. The molecule has 1 heterocycles. The summed E-state index contributed by atoms with van der Waals surface area (Å²) in [5.74, 6) is 0.0620. The number of halogens is 1. The van der Waals surface area contributed by atoms with Crippen molar-refractivity contribution < 1.29 is 19.0 Å². The molecule has 0 bridgehead atoms. The van der Waals surface area contributed by atoms with E-state index in [1.165, 1.54) is 12.1 Å². The van der Waals surface area contributed by atoms with Gasteiger partial charge in [0.05, 0.1) is 12.5 Å². The minimum Gasteiger partial charge on any atom is -0.488 e. The van der Waals surface area contributed by atoms with Gasteiger partial charge in [-0.2, -0.15) is 0 Å². The summed E-state index contributed by atoms with van der Waals surface area (Å²) in [6.45, 7) is 2.30. The Bertz CT molecular complexity index is 734. The lowest BCUT2D eigenvalue weighted by Crippen LogP contribution is -2.37. The summed E-state index contributed by atoms with van der Waals surface area (Å²) in [5.41, 5.74) is 1.77. The first-order valence-electron chi connectivity index (χ1n) is 8.80. The van der Waals surface area contributed by atoms with Crippen molar-refractivity contribution in [3.8, 4) is 5.75 Å². The summed E-state index contributed by atoms with van der Waals surface area (Å²) in [4.78, 5) is 16.3. The molecule has 1 fully saturated rings. The summed E-state index contributed by atoms with van der Waals surface area (Å²) in [5, 5.41) is 13.3. The molecule has 26 heavy (non-hydrogen) atoms. The Morgan fingerprint density at radius 2 is 2.04 bits per heavy atom. The van der Waals surface area contributed by atoms with Gasteiger partial charge in [0.1, 0.15) is 17.7 Å². The molecule has 0 spiro atoms. The zero-order valence-electron chi connectivity index (χ0n) is 14.7. The van der Waals surface area contributed by atoms with E-state index < -0.39 is 6.10 Å². The largest absolute Gasteiger partial charge is 0.488 e. The number of ether oxygens (including phenoxy) is 1. The van der Waals surface area contributed by atoms with Crippen LogP contribution in [0.15, 0.2) is 42.6 Å². The summed E-state index contributed by atoms with van der Waals surface area (Å²) in [7, 11) is 0. The third-order valence-electron chi connectivity index (χ3n) is 4.69. The lowest BCUT2D eigenvalue weighted by molar-refractivity contribution is -0.120. The third-order valence-corrected chi connectivity index (χ3v) is 4.69. The van der Waals surface area contributed by atoms with Crippen LogP contribution in [0.1, 0.15) is 24.1 Å². The third kappa shape index (κ3) is 4.79. The first-order valence-corrected chi connectivity index (χ1v) is 8.80. The number of hydrogen-bond acceptors (Lipinski definition) is 4. The number of aromatic nitrogens is 1. The Labute approximate surface area is 152 Å². The lowest BCUT2D eigenvalue weighted by atomic mass is 10.1. The Kier molecular flexibility index (Phi) is 5.83. The number of benzene rings is 1. The first kappa shape index (κ1) is 18.3. The average molecular weight is 358 g/mol. The van der Waals surface area contributed by atoms with Gasteiger partial charge in [0.15, 0.2) is 0 Å². The number of rotatable bonds is 6. The van der Waals surface area contributed by atoms with Crippen molar-refractivity contribution in [3.05, 3.63) is 59.7 Å². The van der Waals surface area contributed by atoms with Crippen LogP contribution in [0.25, 0.3) is 0 Å². The van der Waals surface area contributed by atoms with Crippen molar-refractivity contribution >= 4 is 5.91 Å². The van der Waals surface area contributed by atoms with Gasteiger partial charge >= 0.3 is 0 Å². The molecular formula is C20H23FN2O3. The van der Waals surface area contributed by atoms with Gasteiger partial charge in [0, 0.05) is 24.4 Å². The summed E-state index contributed by atoms with van der Waals surface area (Å²) in [6.07, 6.45) is 2.42. The molecule has 0 radical (unpaired) electrons. The Balaban J connectivity index is 1.46. The maximum Gasteiger partial charge on any atom is 0.224 e. The molecule has 2 aromatic rings. The molecule has 5 nitrogen and oxygen atoms in total. The second kappa shape index (κ2) is 8.27. The fourth-order valence-electron chi connectivity index (χ4n) is 3.16. The predicted molar refractivity (Wildman–Crippen MR) is 95.2 cm³/mol. The van der Waals surface area contributed by atoms with Crippen LogP contribution in [-0.4, -0.2) is 34.8 Å². The van der Waals surface area contributed by atoms with Gasteiger partial charge in [-0.15, -0.1) is 0 Å². The smallest absolute Gasteiger partial charge is 0.224 e. The van der Waals surface area contributed by atoms with Gasteiger partial charge in [-0.25, -0.2) is 4.39 Å². The van der Waals surface area contributed by atoms with Crippen molar-refractivity contribution in [2.75, 3.05) is 6.54 Å². The quantitative estimate of drug-likeness (QED) is 0.832. The summed E-state index contributed by atoms with van der Waals surface area (Å²) in [6, 6.07) is 9.52.